The van der Waals surface area contributed by atoms with Crippen molar-refractivity contribution in [3.05, 3.63) is 51.1 Å². The van der Waals surface area contributed by atoms with Gasteiger partial charge in [-0.1, -0.05) is 29.3 Å². The molecule has 0 unspecified atom stereocenters. The van der Waals surface area contributed by atoms with Crippen molar-refractivity contribution in [2.75, 3.05) is 11.9 Å². The van der Waals surface area contributed by atoms with Crippen LogP contribution in [0.5, 0.6) is 0 Å². The van der Waals surface area contributed by atoms with Crippen LogP contribution >= 0.6 is 23.2 Å². The standard InChI is InChI=1S/C19H19Cl2N3O5S/c1-10-3-6-13(30(27,28)24-12-4-5-12)7-14(10)19(26)29-9-16(25)23-18-17(21)11(2)15(20)8-22-18/h3,6-8,12,24H,4-5,9H2,1-2H3,(H,22,23,25). The number of ether oxygens (including phenoxy) is 1. The summed E-state index contributed by atoms with van der Waals surface area (Å²) in [5.74, 6) is -1.39. The second-order valence-electron chi connectivity index (χ2n) is 6.89. The maximum Gasteiger partial charge on any atom is 0.338 e. The topological polar surface area (TPSA) is 114 Å². The van der Waals surface area contributed by atoms with Crippen LogP contribution in [0.3, 0.4) is 0 Å². The molecule has 8 nitrogen and oxygen atoms in total. The van der Waals surface area contributed by atoms with Crippen molar-refractivity contribution in [2.24, 2.45) is 0 Å². The number of carbonyl (C=O) groups is 2. The molecule has 0 spiro atoms. The number of amides is 1. The molecule has 160 valence electrons. The van der Waals surface area contributed by atoms with Gasteiger partial charge in [0.1, 0.15) is 0 Å². The van der Waals surface area contributed by atoms with Gasteiger partial charge in [0.2, 0.25) is 10.0 Å². The van der Waals surface area contributed by atoms with Gasteiger partial charge < -0.3 is 10.1 Å². The Balaban J connectivity index is 1.66. The zero-order valence-corrected chi connectivity index (χ0v) is 18.5. The van der Waals surface area contributed by atoms with Crippen LogP contribution in [-0.4, -0.2) is 37.9 Å². The van der Waals surface area contributed by atoms with Crippen LogP contribution in [0.4, 0.5) is 5.82 Å². The lowest BCUT2D eigenvalue weighted by Crippen LogP contribution is -2.26. The summed E-state index contributed by atoms with van der Waals surface area (Å²) in [6.45, 7) is 2.71. The Kier molecular flexibility index (Phi) is 6.66. The molecule has 2 aromatic rings. The minimum Gasteiger partial charge on any atom is -0.452 e. The number of anilines is 1. The van der Waals surface area contributed by atoms with Crippen LogP contribution < -0.4 is 10.0 Å². The number of aromatic nitrogens is 1. The molecule has 1 aliphatic carbocycles. The lowest BCUT2D eigenvalue weighted by atomic mass is 10.1. The third-order valence-electron chi connectivity index (χ3n) is 4.43. The van der Waals surface area contributed by atoms with E-state index in [0.717, 1.165) is 12.8 Å². The number of halogens is 2. The van der Waals surface area contributed by atoms with Crippen LogP contribution in [0, 0.1) is 13.8 Å². The van der Waals surface area contributed by atoms with Gasteiger partial charge in [-0.15, -0.1) is 0 Å². The maximum atomic E-state index is 12.4. The Hall–Kier alpha value is -2.20. The monoisotopic (exact) mass is 471 g/mol. The number of aryl methyl sites for hydroxylation is 1. The van der Waals surface area contributed by atoms with E-state index in [4.69, 9.17) is 27.9 Å². The molecule has 0 saturated heterocycles. The first-order valence-electron chi connectivity index (χ1n) is 8.99. The predicted octanol–water partition coefficient (Wildman–Crippen LogP) is 3.24. The van der Waals surface area contributed by atoms with E-state index >= 15 is 0 Å². The summed E-state index contributed by atoms with van der Waals surface area (Å²) in [6.07, 6.45) is 2.93. The Morgan fingerprint density at radius 3 is 2.60 bits per heavy atom. The molecule has 11 heteroatoms. The number of nitrogens with zero attached hydrogens (tertiary/aromatic N) is 1. The number of sulfonamides is 1. The second kappa shape index (κ2) is 8.89. The second-order valence-corrected chi connectivity index (χ2v) is 9.39. The van der Waals surface area contributed by atoms with E-state index in [1.165, 1.54) is 24.4 Å². The summed E-state index contributed by atoms with van der Waals surface area (Å²) in [5.41, 5.74) is 1.12. The van der Waals surface area contributed by atoms with Gasteiger partial charge in [-0.25, -0.2) is 22.9 Å². The molecular formula is C19H19Cl2N3O5S. The number of carbonyl (C=O) groups excluding carboxylic acids is 2. The van der Waals surface area contributed by atoms with Crippen LogP contribution in [0.2, 0.25) is 10.0 Å². The molecule has 1 aromatic heterocycles. The van der Waals surface area contributed by atoms with Gasteiger partial charge >= 0.3 is 5.97 Å². The number of pyridine rings is 1. The molecule has 0 atom stereocenters. The fraction of sp³-hybridized carbons (Fsp3) is 0.316. The van der Waals surface area contributed by atoms with Crippen LogP contribution in [0.1, 0.15) is 34.3 Å². The van der Waals surface area contributed by atoms with Crippen LogP contribution in [0.15, 0.2) is 29.3 Å². The van der Waals surface area contributed by atoms with Gasteiger partial charge in [-0.05, 0) is 49.9 Å². The molecular weight excluding hydrogens is 453 g/mol. The number of hydrogen-bond donors (Lipinski definition) is 2. The SMILES string of the molecule is Cc1ccc(S(=O)(=O)NC2CC2)cc1C(=O)OCC(=O)Nc1ncc(Cl)c(C)c1Cl. The fourth-order valence-electron chi connectivity index (χ4n) is 2.50. The first-order chi connectivity index (χ1) is 14.1. The highest BCUT2D eigenvalue weighted by atomic mass is 35.5. The molecule has 30 heavy (non-hydrogen) atoms. The van der Waals surface area contributed by atoms with Crippen molar-refractivity contribution in [1.82, 2.24) is 9.71 Å². The summed E-state index contributed by atoms with van der Waals surface area (Å²) in [4.78, 5) is 28.4. The highest BCUT2D eigenvalue weighted by Crippen LogP contribution is 2.28. The van der Waals surface area contributed by atoms with Crippen molar-refractivity contribution in [3.63, 3.8) is 0 Å². The molecule has 1 saturated carbocycles. The summed E-state index contributed by atoms with van der Waals surface area (Å²) >= 11 is 12.0. The smallest absolute Gasteiger partial charge is 0.338 e. The molecule has 2 N–H and O–H groups in total. The molecule has 1 aliphatic rings. The average molecular weight is 472 g/mol. The molecule has 3 rings (SSSR count). The third kappa shape index (κ3) is 5.28. The molecule has 1 aromatic carbocycles. The third-order valence-corrected chi connectivity index (χ3v) is 6.79. The van der Waals surface area contributed by atoms with E-state index in [-0.39, 0.29) is 27.3 Å². The molecule has 0 bridgehead atoms. The number of nitrogens with one attached hydrogen (secondary N) is 2. The predicted molar refractivity (Wildman–Crippen MR) is 112 cm³/mol. The number of hydrogen-bond acceptors (Lipinski definition) is 6. The van der Waals surface area contributed by atoms with Crippen molar-refractivity contribution in [1.29, 1.82) is 0 Å². The lowest BCUT2D eigenvalue weighted by Gasteiger charge is -2.11. The highest BCUT2D eigenvalue weighted by Gasteiger charge is 2.28. The van der Waals surface area contributed by atoms with E-state index in [9.17, 15) is 18.0 Å². The van der Waals surface area contributed by atoms with E-state index in [1.54, 1.807) is 13.8 Å². The summed E-state index contributed by atoms with van der Waals surface area (Å²) in [7, 11) is -3.72. The van der Waals surface area contributed by atoms with Crippen molar-refractivity contribution >= 4 is 50.9 Å². The minimum absolute atomic E-state index is 0.0379. The Morgan fingerprint density at radius 1 is 1.23 bits per heavy atom. The molecule has 1 amide bonds. The van der Waals surface area contributed by atoms with Gasteiger partial charge in [-0.3, -0.25) is 4.79 Å². The molecule has 1 heterocycles. The summed E-state index contributed by atoms with van der Waals surface area (Å²) in [5, 5.41) is 2.97. The normalized spacial score (nSPS) is 13.7. The van der Waals surface area contributed by atoms with Gasteiger partial charge in [0.05, 0.1) is 20.5 Å². The maximum absolute atomic E-state index is 12.4. The fourth-order valence-corrected chi connectivity index (χ4v) is 4.22. The van der Waals surface area contributed by atoms with Crippen molar-refractivity contribution in [2.45, 2.75) is 37.6 Å². The Labute approximate surface area is 184 Å². The van der Waals surface area contributed by atoms with Crippen molar-refractivity contribution in [3.8, 4) is 0 Å². The van der Waals surface area contributed by atoms with Gasteiger partial charge in [-0.2, -0.15) is 0 Å². The number of benzene rings is 1. The first-order valence-corrected chi connectivity index (χ1v) is 11.2. The van der Waals surface area contributed by atoms with E-state index in [0.29, 0.717) is 16.1 Å². The number of rotatable bonds is 7. The Morgan fingerprint density at radius 2 is 1.93 bits per heavy atom. The zero-order valence-electron chi connectivity index (χ0n) is 16.2. The molecule has 0 radical (unpaired) electrons. The van der Waals surface area contributed by atoms with Crippen molar-refractivity contribution < 1.29 is 22.7 Å². The van der Waals surface area contributed by atoms with Gasteiger partial charge in [0.15, 0.2) is 12.4 Å². The number of esters is 1. The summed E-state index contributed by atoms with van der Waals surface area (Å²) in [6, 6.07) is 4.10. The average Bonchev–Trinajstić information content (AvgIpc) is 3.50. The zero-order chi connectivity index (χ0) is 22.1. The Bertz CT molecular complexity index is 1120. The quantitative estimate of drug-likeness (QED) is 0.598. The van der Waals surface area contributed by atoms with E-state index in [2.05, 4.69) is 15.0 Å². The highest BCUT2D eigenvalue weighted by molar-refractivity contribution is 7.89. The molecule has 1 fully saturated rings. The van der Waals surface area contributed by atoms with Crippen LogP contribution in [0.25, 0.3) is 0 Å². The van der Waals surface area contributed by atoms with E-state index < -0.39 is 28.5 Å². The molecule has 0 aliphatic heterocycles. The van der Waals surface area contributed by atoms with Gasteiger partial charge in [0.25, 0.3) is 5.91 Å². The van der Waals surface area contributed by atoms with Crippen LogP contribution in [-0.2, 0) is 19.6 Å². The lowest BCUT2D eigenvalue weighted by molar-refractivity contribution is -0.119. The first kappa shape index (κ1) is 22.5. The minimum atomic E-state index is -3.72. The summed E-state index contributed by atoms with van der Waals surface area (Å²) < 4.78 is 32.3. The largest absolute Gasteiger partial charge is 0.452 e. The van der Waals surface area contributed by atoms with Gasteiger partial charge in [0, 0.05) is 12.2 Å². The van der Waals surface area contributed by atoms with E-state index in [1.807, 2.05) is 0 Å².